The summed E-state index contributed by atoms with van der Waals surface area (Å²) in [6.07, 6.45) is 6.35. The van der Waals surface area contributed by atoms with E-state index in [1.165, 1.54) is 31.2 Å². The molecule has 1 atom stereocenters. The highest BCUT2D eigenvalue weighted by atomic mass is 16.5. The Balaban J connectivity index is 1.82. The standard InChI is InChI=1S/C14H21NO/c1-16-14-7-5-12(6-8-14)10-13(15)9-11-3-2-4-11/h5-8,11,13H,2-4,9-10,15H2,1H3. The summed E-state index contributed by atoms with van der Waals surface area (Å²) in [7, 11) is 1.69. The summed E-state index contributed by atoms with van der Waals surface area (Å²) in [6, 6.07) is 8.55. The number of rotatable bonds is 5. The van der Waals surface area contributed by atoms with Crippen molar-refractivity contribution in [3.63, 3.8) is 0 Å². The molecule has 1 aromatic rings. The third kappa shape index (κ3) is 2.99. The Morgan fingerprint density at radius 3 is 2.50 bits per heavy atom. The van der Waals surface area contributed by atoms with E-state index in [4.69, 9.17) is 10.5 Å². The molecule has 16 heavy (non-hydrogen) atoms. The van der Waals surface area contributed by atoms with Gasteiger partial charge in [0, 0.05) is 6.04 Å². The molecule has 1 aliphatic carbocycles. The topological polar surface area (TPSA) is 35.2 Å². The summed E-state index contributed by atoms with van der Waals surface area (Å²) in [5.74, 6) is 1.81. The molecule has 1 saturated carbocycles. The molecule has 0 saturated heterocycles. The number of hydrogen-bond acceptors (Lipinski definition) is 2. The molecule has 0 aromatic heterocycles. The monoisotopic (exact) mass is 219 g/mol. The second-order valence-corrected chi connectivity index (χ2v) is 4.84. The third-order valence-electron chi connectivity index (χ3n) is 3.52. The highest BCUT2D eigenvalue weighted by molar-refractivity contribution is 5.27. The van der Waals surface area contributed by atoms with Crippen LogP contribution < -0.4 is 10.5 Å². The van der Waals surface area contributed by atoms with Crippen LogP contribution in [0.5, 0.6) is 5.75 Å². The molecule has 1 unspecified atom stereocenters. The Kier molecular flexibility index (Phi) is 3.83. The summed E-state index contributed by atoms with van der Waals surface area (Å²) in [6.45, 7) is 0. The predicted octanol–water partition coefficient (Wildman–Crippen LogP) is 2.76. The Morgan fingerprint density at radius 2 is 2.00 bits per heavy atom. The van der Waals surface area contributed by atoms with E-state index < -0.39 is 0 Å². The molecule has 1 fully saturated rings. The van der Waals surface area contributed by atoms with Gasteiger partial charge in [0.2, 0.25) is 0 Å². The molecule has 0 radical (unpaired) electrons. The predicted molar refractivity (Wildman–Crippen MR) is 66.6 cm³/mol. The fraction of sp³-hybridized carbons (Fsp3) is 0.571. The second-order valence-electron chi connectivity index (χ2n) is 4.84. The molecule has 0 amide bonds. The van der Waals surface area contributed by atoms with Gasteiger partial charge in [-0.3, -0.25) is 0 Å². The van der Waals surface area contributed by atoms with E-state index in [1.807, 2.05) is 12.1 Å². The number of hydrogen-bond donors (Lipinski definition) is 1. The summed E-state index contributed by atoms with van der Waals surface area (Å²) < 4.78 is 5.13. The molecule has 2 heteroatoms. The van der Waals surface area contributed by atoms with Crippen LogP contribution in [-0.4, -0.2) is 13.2 Å². The van der Waals surface area contributed by atoms with Crippen molar-refractivity contribution >= 4 is 0 Å². The number of methoxy groups -OCH3 is 1. The van der Waals surface area contributed by atoms with E-state index in [0.717, 1.165) is 18.1 Å². The first-order valence-corrected chi connectivity index (χ1v) is 6.16. The summed E-state index contributed by atoms with van der Waals surface area (Å²) in [5, 5.41) is 0. The number of nitrogens with two attached hydrogens (primary N) is 1. The number of benzene rings is 1. The summed E-state index contributed by atoms with van der Waals surface area (Å²) >= 11 is 0. The average Bonchev–Trinajstić information content (AvgIpc) is 2.25. The zero-order valence-electron chi connectivity index (χ0n) is 9.99. The van der Waals surface area contributed by atoms with Crippen molar-refractivity contribution in [3.05, 3.63) is 29.8 Å². The molecule has 0 aliphatic heterocycles. The van der Waals surface area contributed by atoms with Gasteiger partial charge in [0.1, 0.15) is 5.75 Å². The van der Waals surface area contributed by atoms with Crippen molar-refractivity contribution in [2.45, 2.75) is 38.1 Å². The quantitative estimate of drug-likeness (QED) is 0.826. The van der Waals surface area contributed by atoms with Gasteiger partial charge in [-0.1, -0.05) is 31.4 Å². The zero-order valence-corrected chi connectivity index (χ0v) is 9.99. The number of ether oxygens (including phenoxy) is 1. The molecular formula is C14H21NO. The minimum absolute atomic E-state index is 0.318. The molecule has 88 valence electrons. The molecule has 0 heterocycles. The first kappa shape index (κ1) is 11.5. The SMILES string of the molecule is COc1ccc(CC(N)CC2CCC2)cc1. The van der Waals surface area contributed by atoms with Crippen molar-refractivity contribution in [3.8, 4) is 5.75 Å². The first-order valence-electron chi connectivity index (χ1n) is 6.16. The van der Waals surface area contributed by atoms with Crippen molar-refractivity contribution in [1.29, 1.82) is 0 Å². The lowest BCUT2D eigenvalue weighted by Gasteiger charge is -2.28. The van der Waals surface area contributed by atoms with E-state index in [1.54, 1.807) is 7.11 Å². The molecule has 1 aromatic carbocycles. The van der Waals surface area contributed by atoms with Crippen LogP contribution in [0.25, 0.3) is 0 Å². The second kappa shape index (κ2) is 5.35. The van der Waals surface area contributed by atoms with Crippen LogP contribution in [-0.2, 0) is 6.42 Å². The zero-order chi connectivity index (χ0) is 11.4. The van der Waals surface area contributed by atoms with Gasteiger partial charge in [-0.2, -0.15) is 0 Å². The van der Waals surface area contributed by atoms with Crippen LogP contribution in [0.15, 0.2) is 24.3 Å². The molecule has 2 nitrogen and oxygen atoms in total. The van der Waals surface area contributed by atoms with E-state index in [-0.39, 0.29) is 0 Å². The summed E-state index contributed by atoms with van der Waals surface area (Å²) in [5.41, 5.74) is 7.47. The maximum atomic E-state index is 6.16. The van der Waals surface area contributed by atoms with Crippen molar-refractivity contribution in [2.24, 2.45) is 11.7 Å². The van der Waals surface area contributed by atoms with Gasteiger partial charge in [-0.05, 0) is 36.5 Å². The van der Waals surface area contributed by atoms with E-state index >= 15 is 0 Å². The fourth-order valence-corrected chi connectivity index (χ4v) is 2.30. The Morgan fingerprint density at radius 1 is 1.31 bits per heavy atom. The minimum atomic E-state index is 0.318. The Hall–Kier alpha value is -1.02. The largest absolute Gasteiger partial charge is 0.497 e. The van der Waals surface area contributed by atoms with Crippen LogP contribution >= 0.6 is 0 Å². The van der Waals surface area contributed by atoms with Gasteiger partial charge in [-0.25, -0.2) is 0 Å². The Bertz CT molecular complexity index is 316. The van der Waals surface area contributed by atoms with E-state index in [0.29, 0.717) is 6.04 Å². The molecule has 0 bridgehead atoms. The van der Waals surface area contributed by atoms with Gasteiger partial charge in [-0.15, -0.1) is 0 Å². The highest BCUT2D eigenvalue weighted by Gasteiger charge is 2.20. The molecule has 2 rings (SSSR count). The van der Waals surface area contributed by atoms with Crippen molar-refractivity contribution in [1.82, 2.24) is 0 Å². The minimum Gasteiger partial charge on any atom is -0.497 e. The highest BCUT2D eigenvalue weighted by Crippen LogP contribution is 2.30. The molecular weight excluding hydrogens is 198 g/mol. The van der Waals surface area contributed by atoms with Gasteiger partial charge in [0.05, 0.1) is 7.11 Å². The molecule has 2 N–H and O–H groups in total. The van der Waals surface area contributed by atoms with Crippen LogP contribution in [0.3, 0.4) is 0 Å². The van der Waals surface area contributed by atoms with Gasteiger partial charge in [0.25, 0.3) is 0 Å². The third-order valence-corrected chi connectivity index (χ3v) is 3.52. The summed E-state index contributed by atoms with van der Waals surface area (Å²) in [4.78, 5) is 0. The fourth-order valence-electron chi connectivity index (χ4n) is 2.30. The van der Waals surface area contributed by atoms with E-state index in [2.05, 4.69) is 12.1 Å². The smallest absolute Gasteiger partial charge is 0.118 e. The van der Waals surface area contributed by atoms with Crippen LogP contribution in [0.4, 0.5) is 0 Å². The van der Waals surface area contributed by atoms with Crippen molar-refractivity contribution in [2.75, 3.05) is 7.11 Å². The van der Waals surface area contributed by atoms with Crippen LogP contribution in [0.1, 0.15) is 31.2 Å². The van der Waals surface area contributed by atoms with Crippen molar-refractivity contribution < 1.29 is 4.74 Å². The van der Waals surface area contributed by atoms with Gasteiger partial charge >= 0.3 is 0 Å². The molecule has 1 aliphatic rings. The molecule has 0 spiro atoms. The van der Waals surface area contributed by atoms with Gasteiger partial charge < -0.3 is 10.5 Å². The maximum Gasteiger partial charge on any atom is 0.118 e. The van der Waals surface area contributed by atoms with Gasteiger partial charge in [0.15, 0.2) is 0 Å². The van der Waals surface area contributed by atoms with Crippen LogP contribution in [0.2, 0.25) is 0 Å². The van der Waals surface area contributed by atoms with Crippen LogP contribution in [0, 0.1) is 5.92 Å². The lowest BCUT2D eigenvalue weighted by atomic mass is 9.80. The first-order chi connectivity index (χ1) is 7.78. The lowest BCUT2D eigenvalue weighted by Crippen LogP contribution is -2.28. The average molecular weight is 219 g/mol. The maximum absolute atomic E-state index is 6.16. The normalized spacial score (nSPS) is 17.9. The van der Waals surface area contributed by atoms with E-state index in [9.17, 15) is 0 Å². The Labute approximate surface area is 97.8 Å². The lowest BCUT2D eigenvalue weighted by molar-refractivity contribution is 0.275.